The van der Waals surface area contributed by atoms with Crippen LogP contribution in [0, 0.1) is 5.92 Å². The summed E-state index contributed by atoms with van der Waals surface area (Å²) in [7, 11) is 1.35. The lowest BCUT2D eigenvalue weighted by Gasteiger charge is -2.16. The van der Waals surface area contributed by atoms with Crippen molar-refractivity contribution in [2.75, 3.05) is 13.7 Å². The Morgan fingerprint density at radius 3 is 2.31 bits per heavy atom. The fourth-order valence-electron chi connectivity index (χ4n) is 1.47. The first-order valence-corrected chi connectivity index (χ1v) is 5.60. The van der Waals surface area contributed by atoms with Gasteiger partial charge in [-0.05, 0) is 25.8 Å². The molecule has 16 heavy (non-hydrogen) atoms. The van der Waals surface area contributed by atoms with Crippen molar-refractivity contribution in [1.82, 2.24) is 5.32 Å². The maximum atomic E-state index is 11.2. The van der Waals surface area contributed by atoms with Crippen LogP contribution < -0.4 is 5.32 Å². The predicted molar refractivity (Wildman–Crippen MR) is 60.1 cm³/mol. The largest absolute Gasteiger partial charge is 0.481 e. The van der Waals surface area contributed by atoms with Crippen LogP contribution in [-0.4, -0.2) is 36.7 Å². The van der Waals surface area contributed by atoms with Crippen molar-refractivity contribution in [3.63, 3.8) is 0 Å². The number of ether oxygens (including phenoxy) is 1. The van der Waals surface area contributed by atoms with Crippen LogP contribution in [-0.2, 0) is 14.3 Å². The van der Waals surface area contributed by atoms with Crippen LogP contribution >= 0.6 is 0 Å². The van der Waals surface area contributed by atoms with Crippen molar-refractivity contribution in [2.24, 2.45) is 5.92 Å². The molecule has 0 aliphatic carbocycles. The van der Waals surface area contributed by atoms with Crippen LogP contribution in [0.3, 0.4) is 0 Å². The standard InChI is InChI=1S/C11H21NO4/c1-4-8(10(13)14)6-7-12-9(5-2)11(15)16-3/h8-9,12H,4-7H2,1-3H3,(H,13,14). The van der Waals surface area contributed by atoms with Gasteiger partial charge in [-0.25, -0.2) is 0 Å². The smallest absolute Gasteiger partial charge is 0.322 e. The van der Waals surface area contributed by atoms with Gasteiger partial charge in [0.05, 0.1) is 13.0 Å². The zero-order chi connectivity index (χ0) is 12.6. The number of carbonyl (C=O) groups is 2. The molecule has 0 bridgehead atoms. The molecule has 2 unspecified atom stereocenters. The van der Waals surface area contributed by atoms with Gasteiger partial charge in [-0.3, -0.25) is 9.59 Å². The van der Waals surface area contributed by atoms with E-state index in [4.69, 9.17) is 5.11 Å². The highest BCUT2D eigenvalue weighted by atomic mass is 16.5. The third-order valence-corrected chi connectivity index (χ3v) is 2.62. The molecule has 2 N–H and O–H groups in total. The quantitative estimate of drug-likeness (QED) is 0.610. The Balaban J connectivity index is 3.94. The molecular formula is C11H21NO4. The Hall–Kier alpha value is -1.10. The molecule has 5 nitrogen and oxygen atoms in total. The molecule has 0 heterocycles. The first-order chi connectivity index (χ1) is 7.56. The number of carbonyl (C=O) groups excluding carboxylic acids is 1. The van der Waals surface area contributed by atoms with Crippen LogP contribution in [0.25, 0.3) is 0 Å². The number of methoxy groups -OCH3 is 1. The van der Waals surface area contributed by atoms with Crippen LogP contribution in [0.2, 0.25) is 0 Å². The molecule has 0 aliphatic heterocycles. The summed E-state index contributed by atoms with van der Waals surface area (Å²) in [5, 5.41) is 11.8. The Bertz CT molecular complexity index is 230. The van der Waals surface area contributed by atoms with E-state index in [1.54, 1.807) is 0 Å². The molecule has 0 aliphatic rings. The highest BCUT2D eigenvalue weighted by Crippen LogP contribution is 2.07. The average molecular weight is 231 g/mol. The van der Waals surface area contributed by atoms with E-state index in [-0.39, 0.29) is 17.9 Å². The maximum Gasteiger partial charge on any atom is 0.322 e. The summed E-state index contributed by atoms with van der Waals surface area (Å²) in [4.78, 5) is 22.0. The highest BCUT2D eigenvalue weighted by Gasteiger charge is 2.18. The van der Waals surface area contributed by atoms with E-state index in [1.165, 1.54) is 7.11 Å². The molecule has 0 fully saturated rings. The van der Waals surface area contributed by atoms with Gasteiger partial charge in [0.25, 0.3) is 0 Å². The molecule has 0 saturated carbocycles. The van der Waals surface area contributed by atoms with Gasteiger partial charge in [-0.2, -0.15) is 0 Å². The average Bonchev–Trinajstić information content (AvgIpc) is 2.28. The minimum atomic E-state index is -0.782. The highest BCUT2D eigenvalue weighted by molar-refractivity contribution is 5.75. The summed E-state index contributed by atoms with van der Waals surface area (Å²) in [5.41, 5.74) is 0. The number of nitrogens with one attached hydrogen (secondary N) is 1. The van der Waals surface area contributed by atoms with Crippen molar-refractivity contribution >= 4 is 11.9 Å². The second-order valence-electron chi connectivity index (χ2n) is 3.67. The van der Waals surface area contributed by atoms with Crippen molar-refractivity contribution in [1.29, 1.82) is 0 Å². The van der Waals surface area contributed by atoms with E-state index in [0.29, 0.717) is 25.8 Å². The Morgan fingerprint density at radius 2 is 1.94 bits per heavy atom. The fourth-order valence-corrected chi connectivity index (χ4v) is 1.47. The predicted octanol–water partition coefficient (Wildman–Crippen LogP) is 1.03. The summed E-state index contributed by atoms with van der Waals surface area (Å²) in [6, 6.07) is -0.337. The van der Waals surface area contributed by atoms with E-state index in [2.05, 4.69) is 10.1 Å². The fraction of sp³-hybridized carbons (Fsp3) is 0.818. The number of carboxylic acids is 1. The summed E-state index contributed by atoms with van der Waals surface area (Å²) >= 11 is 0. The SMILES string of the molecule is CCC(CCNC(CC)C(=O)OC)C(=O)O. The molecule has 0 rings (SSSR count). The van der Waals surface area contributed by atoms with Gasteiger partial charge in [0.1, 0.15) is 6.04 Å². The molecule has 5 heteroatoms. The zero-order valence-corrected chi connectivity index (χ0v) is 10.2. The number of esters is 1. The molecule has 0 aromatic rings. The molecule has 94 valence electrons. The molecule has 0 aromatic carbocycles. The molecule has 0 saturated heterocycles. The Morgan fingerprint density at radius 1 is 1.31 bits per heavy atom. The monoisotopic (exact) mass is 231 g/mol. The van der Waals surface area contributed by atoms with Crippen LogP contribution in [0.5, 0.6) is 0 Å². The molecule has 0 amide bonds. The van der Waals surface area contributed by atoms with Crippen LogP contribution in [0.15, 0.2) is 0 Å². The topological polar surface area (TPSA) is 75.6 Å². The third kappa shape index (κ3) is 5.11. The van der Waals surface area contributed by atoms with E-state index >= 15 is 0 Å². The second kappa shape index (κ2) is 8.10. The lowest BCUT2D eigenvalue weighted by Crippen LogP contribution is -2.38. The number of carboxylic acid groups (broad SMARTS) is 1. The summed E-state index contributed by atoms with van der Waals surface area (Å²) in [5.74, 6) is -1.43. The molecule has 0 radical (unpaired) electrons. The third-order valence-electron chi connectivity index (χ3n) is 2.62. The van der Waals surface area contributed by atoms with Crippen LogP contribution in [0.4, 0.5) is 0 Å². The second-order valence-corrected chi connectivity index (χ2v) is 3.67. The van der Waals surface area contributed by atoms with E-state index < -0.39 is 5.97 Å². The lowest BCUT2D eigenvalue weighted by atomic mass is 10.0. The first kappa shape index (κ1) is 14.9. The van der Waals surface area contributed by atoms with Gasteiger partial charge >= 0.3 is 11.9 Å². The number of hydrogen-bond acceptors (Lipinski definition) is 4. The first-order valence-electron chi connectivity index (χ1n) is 5.60. The Labute approximate surface area is 96.2 Å². The Kier molecular flexibility index (Phi) is 7.54. The zero-order valence-electron chi connectivity index (χ0n) is 10.2. The number of hydrogen-bond donors (Lipinski definition) is 2. The lowest BCUT2D eigenvalue weighted by molar-refractivity contribution is -0.143. The minimum Gasteiger partial charge on any atom is -0.481 e. The van der Waals surface area contributed by atoms with Gasteiger partial charge < -0.3 is 15.2 Å². The maximum absolute atomic E-state index is 11.2. The van der Waals surface area contributed by atoms with Crippen molar-refractivity contribution < 1.29 is 19.4 Å². The number of rotatable bonds is 8. The van der Waals surface area contributed by atoms with Crippen LogP contribution in [0.1, 0.15) is 33.1 Å². The molecule has 0 spiro atoms. The number of aliphatic carboxylic acids is 1. The normalized spacial score (nSPS) is 14.2. The van der Waals surface area contributed by atoms with Crippen molar-refractivity contribution in [2.45, 2.75) is 39.2 Å². The summed E-state index contributed by atoms with van der Waals surface area (Å²) in [6.45, 7) is 4.23. The van der Waals surface area contributed by atoms with Gasteiger partial charge in [-0.1, -0.05) is 13.8 Å². The van der Waals surface area contributed by atoms with Gasteiger partial charge in [0.2, 0.25) is 0 Å². The van der Waals surface area contributed by atoms with E-state index in [1.807, 2.05) is 13.8 Å². The van der Waals surface area contributed by atoms with E-state index in [0.717, 1.165) is 0 Å². The molecule has 0 aromatic heterocycles. The molecule has 2 atom stereocenters. The van der Waals surface area contributed by atoms with Crippen molar-refractivity contribution in [3.8, 4) is 0 Å². The summed E-state index contributed by atoms with van der Waals surface area (Å²) in [6.07, 6.45) is 1.77. The minimum absolute atomic E-state index is 0.300. The molecular weight excluding hydrogens is 210 g/mol. The van der Waals surface area contributed by atoms with E-state index in [9.17, 15) is 9.59 Å². The van der Waals surface area contributed by atoms with Gasteiger partial charge in [0.15, 0.2) is 0 Å². The van der Waals surface area contributed by atoms with Gasteiger partial charge in [-0.15, -0.1) is 0 Å². The van der Waals surface area contributed by atoms with Gasteiger partial charge in [0, 0.05) is 0 Å². The summed E-state index contributed by atoms with van der Waals surface area (Å²) < 4.78 is 4.62. The van der Waals surface area contributed by atoms with Crippen molar-refractivity contribution in [3.05, 3.63) is 0 Å².